The molecule has 10 heteroatoms. The van der Waals surface area contributed by atoms with Crippen molar-refractivity contribution in [3.05, 3.63) is 107 Å². The highest BCUT2D eigenvalue weighted by molar-refractivity contribution is 7.89. The molecule has 3 aromatic carbocycles. The van der Waals surface area contributed by atoms with Gasteiger partial charge in [-0.2, -0.15) is 13.2 Å². The summed E-state index contributed by atoms with van der Waals surface area (Å²) >= 11 is 0. The van der Waals surface area contributed by atoms with E-state index in [4.69, 9.17) is 0 Å². The van der Waals surface area contributed by atoms with Crippen molar-refractivity contribution in [2.75, 3.05) is 6.61 Å². The van der Waals surface area contributed by atoms with Crippen LogP contribution in [-0.2, 0) is 27.4 Å². The molecule has 0 bridgehead atoms. The number of carbonyl (C=O) groups is 1. The van der Waals surface area contributed by atoms with Gasteiger partial charge in [0.05, 0.1) is 29.1 Å². The van der Waals surface area contributed by atoms with Crippen molar-refractivity contribution in [1.82, 2.24) is 10.0 Å². The van der Waals surface area contributed by atoms with Crippen LogP contribution in [0.25, 0.3) is 5.57 Å². The number of hydrogen-bond donors (Lipinski definition) is 3. The highest BCUT2D eigenvalue weighted by atomic mass is 32.2. The summed E-state index contributed by atoms with van der Waals surface area (Å²) in [6.45, 7) is 3.70. The number of nitrogens with one attached hydrogen (secondary N) is 2. The predicted octanol–water partition coefficient (Wildman–Crippen LogP) is 5.31. The van der Waals surface area contributed by atoms with Crippen LogP contribution in [0.2, 0.25) is 0 Å². The summed E-state index contributed by atoms with van der Waals surface area (Å²) in [5.74, 6) is -0.405. The Balaban J connectivity index is 1.55. The van der Waals surface area contributed by atoms with Crippen LogP contribution >= 0.6 is 0 Å². The van der Waals surface area contributed by atoms with E-state index in [1.54, 1.807) is 30.3 Å². The van der Waals surface area contributed by atoms with Gasteiger partial charge in [0.25, 0.3) is 0 Å². The number of aryl methyl sites for hydroxylation is 1. The molecular weight excluding hydrogens is 529 g/mol. The molecule has 3 aromatic rings. The Hall–Kier alpha value is -3.47. The topological polar surface area (TPSA) is 95.5 Å². The van der Waals surface area contributed by atoms with Gasteiger partial charge in [0.2, 0.25) is 15.9 Å². The Bertz CT molecular complexity index is 1460. The van der Waals surface area contributed by atoms with E-state index in [1.165, 1.54) is 0 Å². The molecule has 39 heavy (non-hydrogen) atoms. The van der Waals surface area contributed by atoms with Gasteiger partial charge in [-0.15, -0.1) is 0 Å². The summed E-state index contributed by atoms with van der Waals surface area (Å²) in [4.78, 5) is 12.7. The van der Waals surface area contributed by atoms with Crippen molar-refractivity contribution < 1.29 is 31.5 Å². The first-order valence-electron chi connectivity index (χ1n) is 12.4. The second kappa shape index (κ2) is 11.7. The maximum atomic E-state index is 13.2. The van der Waals surface area contributed by atoms with E-state index >= 15 is 0 Å². The van der Waals surface area contributed by atoms with Crippen LogP contribution in [0, 0.1) is 0 Å². The maximum Gasteiger partial charge on any atom is 0.416 e. The molecule has 0 aliphatic heterocycles. The Morgan fingerprint density at radius 1 is 1.05 bits per heavy atom. The van der Waals surface area contributed by atoms with E-state index in [0.717, 1.165) is 47.7 Å². The fourth-order valence-electron chi connectivity index (χ4n) is 4.72. The minimum Gasteiger partial charge on any atom is -0.392 e. The molecule has 0 spiro atoms. The van der Waals surface area contributed by atoms with Crippen LogP contribution in [0.5, 0.6) is 0 Å². The fourth-order valence-corrected chi connectivity index (χ4v) is 5.99. The number of sulfonamides is 1. The van der Waals surface area contributed by atoms with Gasteiger partial charge in [-0.3, -0.25) is 4.79 Å². The lowest BCUT2D eigenvalue weighted by Gasteiger charge is -2.28. The average molecular weight is 559 g/mol. The largest absolute Gasteiger partial charge is 0.416 e. The fraction of sp³-hybridized carbons (Fsp3) is 0.276. The number of hydrogen-bond acceptors (Lipinski definition) is 4. The average Bonchev–Trinajstić information content (AvgIpc) is 2.92. The summed E-state index contributed by atoms with van der Waals surface area (Å²) in [6.07, 6.45) is -2.61. The highest BCUT2D eigenvalue weighted by Crippen LogP contribution is 2.33. The molecule has 1 aliphatic rings. The number of amides is 1. The second-order valence-corrected chi connectivity index (χ2v) is 11.2. The minimum atomic E-state index is -4.70. The molecule has 6 nitrogen and oxygen atoms in total. The predicted molar refractivity (Wildman–Crippen MR) is 142 cm³/mol. The number of fused-ring (bicyclic) bond motifs is 1. The molecule has 3 N–H and O–H groups in total. The summed E-state index contributed by atoms with van der Waals surface area (Å²) < 4.78 is 68.2. The SMILES string of the molecule is C=C(CO)c1ccc2c(c1)CCCC2NC(=O)CC(NS(=O)(=O)c1cccc(C(F)(F)F)c1)c1ccccc1. The van der Waals surface area contributed by atoms with Crippen LogP contribution in [-0.4, -0.2) is 26.0 Å². The van der Waals surface area contributed by atoms with E-state index < -0.39 is 38.6 Å². The van der Waals surface area contributed by atoms with Crippen molar-refractivity contribution in [2.24, 2.45) is 0 Å². The van der Waals surface area contributed by atoms with Crippen molar-refractivity contribution in [2.45, 2.75) is 48.8 Å². The number of benzene rings is 3. The Morgan fingerprint density at radius 3 is 2.49 bits per heavy atom. The Kier molecular flexibility index (Phi) is 8.58. The molecule has 4 rings (SSSR count). The lowest BCUT2D eigenvalue weighted by Crippen LogP contribution is -2.36. The molecule has 0 fully saturated rings. The van der Waals surface area contributed by atoms with Crippen molar-refractivity contribution in [3.63, 3.8) is 0 Å². The monoisotopic (exact) mass is 558 g/mol. The van der Waals surface area contributed by atoms with E-state index in [-0.39, 0.29) is 19.1 Å². The quantitative estimate of drug-likeness (QED) is 0.332. The first-order valence-corrected chi connectivity index (χ1v) is 13.9. The standard InChI is InChI=1S/C29H29F3N2O4S/c1-19(18-35)21-13-14-25-22(15-21)9-5-12-26(25)33-28(36)17-27(20-7-3-2-4-8-20)34-39(37,38)24-11-6-10-23(16-24)29(30,31)32/h2-4,6-8,10-11,13-16,26-27,34-35H,1,5,9,12,17-18H2,(H,33,36). The summed E-state index contributed by atoms with van der Waals surface area (Å²) in [5.41, 5.74) is 2.84. The highest BCUT2D eigenvalue weighted by Gasteiger charge is 2.32. The molecule has 0 saturated carbocycles. The van der Waals surface area contributed by atoms with Crippen LogP contribution in [0.15, 0.2) is 84.3 Å². The number of alkyl halides is 3. The molecule has 2 unspecified atom stereocenters. The molecule has 0 aromatic heterocycles. The van der Waals surface area contributed by atoms with Gasteiger partial charge in [0, 0.05) is 6.42 Å². The summed E-state index contributed by atoms with van der Waals surface area (Å²) in [5, 5.41) is 12.4. The van der Waals surface area contributed by atoms with Crippen LogP contribution in [0.1, 0.15) is 59.2 Å². The van der Waals surface area contributed by atoms with Gasteiger partial charge < -0.3 is 10.4 Å². The third-order valence-corrected chi connectivity index (χ3v) is 8.22. The second-order valence-electron chi connectivity index (χ2n) is 9.50. The van der Waals surface area contributed by atoms with Crippen molar-refractivity contribution in [3.8, 4) is 0 Å². The van der Waals surface area contributed by atoms with Crippen LogP contribution in [0.3, 0.4) is 0 Å². The van der Waals surface area contributed by atoms with Gasteiger partial charge in [0.15, 0.2) is 0 Å². The first-order chi connectivity index (χ1) is 18.5. The Morgan fingerprint density at radius 2 is 1.79 bits per heavy atom. The molecule has 1 aliphatic carbocycles. The smallest absolute Gasteiger partial charge is 0.392 e. The van der Waals surface area contributed by atoms with Gasteiger partial charge in [-0.25, -0.2) is 13.1 Å². The zero-order valence-corrected chi connectivity index (χ0v) is 21.9. The number of halogens is 3. The van der Waals surface area contributed by atoms with Crippen LogP contribution in [0.4, 0.5) is 13.2 Å². The molecule has 0 saturated heterocycles. The number of aliphatic hydroxyl groups excluding tert-OH is 1. The molecular formula is C29H29F3N2O4S. The molecule has 2 atom stereocenters. The van der Waals surface area contributed by atoms with Gasteiger partial charge in [-0.05, 0) is 65.3 Å². The third kappa shape index (κ3) is 6.95. The lowest BCUT2D eigenvalue weighted by molar-refractivity contribution is -0.137. The van der Waals surface area contributed by atoms with Crippen molar-refractivity contribution >= 4 is 21.5 Å². The van der Waals surface area contributed by atoms with E-state index in [1.807, 2.05) is 18.2 Å². The molecule has 206 valence electrons. The number of aliphatic hydroxyl groups is 1. The third-order valence-electron chi connectivity index (χ3n) is 6.75. The summed E-state index contributed by atoms with van der Waals surface area (Å²) in [7, 11) is -4.39. The number of carbonyl (C=O) groups excluding carboxylic acids is 1. The minimum absolute atomic E-state index is 0.157. The number of rotatable bonds is 9. The van der Waals surface area contributed by atoms with Gasteiger partial charge >= 0.3 is 6.18 Å². The lowest BCUT2D eigenvalue weighted by atomic mass is 9.85. The first kappa shape index (κ1) is 28.5. The van der Waals surface area contributed by atoms with E-state index in [2.05, 4.69) is 16.6 Å². The van der Waals surface area contributed by atoms with Gasteiger partial charge in [-0.1, -0.05) is 61.2 Å². The Labute approximate surface area is 225 Å². The normalized spacial score (nSPS) is 16.3. The zero-order chi connectivity index (χ0) is 28.2. The molecule has 0 heterocycles. The van der Waals surface area contributed by atoms with Crippen LogP contribution < -0.4 is 10.0 Å². The van der Waals surface area contributed by atoms with Crippen molar-refractivity contribution in [1.29, 1.82) is 0 Å². The van der Waals surface area contributed by atoms with E-state index in [0.29, 0.717) is 23.6 Å². The zero-order valence-electron chi connectivity index (χ0n) is 21.0. The van der Waals surface area contributed by atoms with E-state index in [9.17, 15) is 31.5 Å². The molecule has 1 amide bonds. The maximum absolute atomic E-state index is 13.2. The summed E-state index contributed by atoms with van der Waals surface area (Å²) in [6, 6.07) is 16.3. The molecule has 0 radical (unpaired) electrons. The van der Waals surface area contributed by atoms with Gasteiger partial charge in [0.1, 0.15) is 0 Å².